The number of nitrogens with one attached hydrogen (secondary N) is 1. The van der Waals surface area contributed by atoms with E-state index < -0.39 is 26.7 Å². The number of amides is 1. The van der Waals surface area contributed by atoms with Crippen molar-refractivity contribution in [1.29, 1.82) is 0 Å². The molecule has 1 aromatic carbocycles. The second kappa shape index (κ2) is 10.1. The Hall–Kier alpha value is -3.45. The lowest BCUT2D eigenvalue weighted by Gasteiger charge is -2.49. The number of ether oxygens (including phenoxy) is 1. The lowest BCUT2D eigenvalue weighted by Crippen LogP contribution is -2.68. The molecule has 1 unspecified atom stereocenters. The summed E-state index contributed by atoms with van der Waals surface area (Å²) < 4.78 is 62.4. The van der Waals surface area contributed by atoms with Crippen LogP contribution in [0.15, 0.2) is 54.9 Å². The summed E-state index contributed by atoms with van der Waals surface area (Å²) in [7, 11) is -3.27. The summed E-state index contributed by atoms with van der Waals surface area (Å²) in [6.07, 6.45) is -1.10. The first-order chi connectivity index (χ1) is 17.4. The summed E-state index contributed by atoms with van der Waals surface area (Å²) in [6, 6.07) is 13.2. The number of carboxylic acids is 1. The summed E-state index contributed by atoms with van der Waals surface area (Å²) in [5, 5.41) is 7.98. The lowest BCUT2D eigenvalue weighted by molar-refractivity contribution is -0.192. The van der Waals surface area contributed by atoms with E-state index in [2.05, 4.69) is 9.97 Å². The number of hydrogen-bond donors (Lipinski definition) is 2. The molecule has 2 aromatic heterocycles. The van der Waals surface area contributed by atoms with Crippen molar-refractivity contribution in [3.63, 3.8) is 0 Å². The maximum absolute atomic E-state index is 13.0. The van der Waals surface area contributed by atoms with E-state index in [1.54, 1.807) is 17.3 Å². The number of likely N-dealkylation sites (tertiary alicyclic amines) is 1. The zero-order valence-electron chi connectivity index (χ0n) is 19.4. The van der Waals surface area contributed by atoms with Crippen LogP contribution in [-0.2, 0) is 26.0 Å². The Morgan fingerprint density at radius 3 is 2.49 bits per heavy atom. The number of alkyl halides is 3. The van der Waals surface area contributed by atoms with Crippen LogP contribution in [0, 0.1) is 5.92 Å². The Labute approximate surface area is 210 Å². The molecular formula is C24H24F3N3O6S. The van der Waals surface area contributed by atoms with Crippen molar-refractivity contribution in [1.82, 2.24) is 14.9 Å². The normalized spacial score (nSPS) is 19.8. The van der Waals surface area contributed by atoms with Crippen molar-refractivity contribution in [2.75, 3.05) is 25.4 Å². The Kier molecular flexibility index (Phi) is 7.29. The topological polar surface area (TPSA) is 130 Å². The molecule has 2 aliphatic heterocycles. The number of halogens is 3. The highest BCUT2D eigenvalue weighted by Gasteiger charge is 2.62. The third-order valence-electron chi connectivity index (χ3n) is 6.66. The van der Waals surface area contributed by atoms with Crippen LogP contribution in [-0.4, -0.2) is 76.6 Å². The van der Waals surface area contributed by atoms with Gasteiger partial charge in [0.05, 0.1) is 30.2 Å². The molecule has 3 aromatic rings. The number of nitrogens with zero attached hydrogens (tertiary/aromatic N) is 2. The minimum absolute atomic E-state index is 0.113. The van der Waals surface area contributed by atoms with Gasteiger partial charge in [0, 0.05) is 42.3 Å². The van der Waals surface area contributed by atoms with E-state index >= 15 is 0 Å². The minimum Gasteiger partial charge on any atom is -0.475 e. The molecule has 37 heavy (non-hydrogen) atoms. The maximum Gasteiger partial charge on any atom is 0.490 e. The Morgan fingerprint density at radius 1 is 1.16 bits per heavy atom. The van der Waals surface area contributed by atoms with Crippen LogP contribution < -0.4 is 0 Å². The summed E-state index contributed by atoms with van der Waals surface area (Å²) in [5.74, 6) is -2.85. The van der Waals surface area contributed by atoms with Crippen LogP contribution in [0.5, 0.6) is 0 Å². The zero-order valence-corrected chi connectivity index (χ0v) is 20.3. The number of sulfone groups is 1. The van der Waals surface area contributed by atoms with Gasteiger partial charge in [0.2, 0.25) is 0 Å². The number of fused-ring (bicyclic) bond motifs is 1. The van der Waals surface area contributed by atoms with E-state index in [9.17, 15) is 26.4 Å². The number of carbonyl (C=O) groups is 2. The predicted molar refractivity (Wildman–Crippen MR) is 126 cm³/mol. The van der Waals surface area contributed by atoms with Crippen LogP contribution in [0.1, 0.15) is 22.5 Å². The molecule has 1 spiro atoms. The lowest BCUT2D eigenvalue weighted by atomic mass is 9.83. The zero-order chi connectivity index (χ0) is 26.8. The molecule has 0 saturated carbocycles. The second-order valence-corrected chi connectivity index (χ2v) is 11.4. The fourth-order valence-corrected chi connectivity index (χ4v) is 7.06. The van der Waals surface area contributed by atoms with Crippen molar-refractivity contribution < 1.29 is 41.0 Å². The van der Waals surface area contributed by atoms with Crippen LogP contribution in [0.3, 0.4) is 0 Å². The Bertz CT molecular complexity index is 1390. The van der Waals surface area contributed by atoms with Gasteiger partial charge in [-0.25, -0.2) is 13.2 Å². The molecule has 2 saturated heterocycles. The number of para-hydroxylation sites is 1. The average molecular weight is 540 g/mol. The van der Waals surface area contributed by atoms with Crippen LogP contribution in [0.25, 0.3) is 10.9 Å². The number of aliphatic carboxylic acids is 1. The van der Waals surface area contributed by atoms with Gasteiger partial charge < -0.3 is 19.7 Å². The number of carbonyl (C=O) groups excluding carboxylic acids is 1. The van der Waals surface area contributed by atoms with Gasteiger partial charge in [0.25, 0.3) is 5.91 Å². The summed E-state index contributed by atoms with van der Waals surface area (Å²) in [4.78, 5) is 30.9. The third kappa shape index (κ3) is 5.32. The summed E-state index contributed by atoms with van der Waals surface area (Å²) in [6.45, 7) is 1.16. The third-order valence-corrected chi connectivity index (χ3v) is 9.26. The average Bonchev–Trinajstić information content (AvgIpc) is 3.36. The molecule has 2 aliphatic rings. The highest BCUT2D eigenvalue weighted by Crippen LogP contribution is 2.45. The molecule has 9 nitrogen and oxygen atoms in total. The van der Waals surface area contributed by atoms with Gasteiger partial charge in [0.1, 0.15) is 4.75 Å². The van der Waals surface area contributed by atoms with E-state index in [1.807, 2.05) is 42.5 Å². The van der Waals surface area contributed by atoms with E-state index in [4.69, 9.17) is 14.6 Å². The molecule has 198 valence electrons. The van der Waals surface area contributed by atoms with Gasteiger partial charge in [-0.1, -0.05) is 24.3 Å². The van der Waals surface area contributed by atoms with Gasteiger partial charge in [-0.05, 0) is 24.6 Å². The highest BCUT2D eigenvalue weighted by atomic mass is 32.2. The van der Waals surface area contributed by atoms with E-state index in [-0.39, 0.29) is 30.7 Å². The first-order valence-corrected chi connectivity index (χ1v) is 13.0. The Balaban J connectivity index is 0.000000405. The van der Waals surface area contributed by atoms with Gasteiger partial charge >= 0.3 is 12.1 Å². The van der Waals surface area contributed by atoms with Gasteiger partial charge in [0.15, 0.2) is 9.84 Å². The largest absolute Gasteiger partial charge is 0.490 e. The highest BCUT2D eigenvalue weighted by molar-refractivity contribution is 7.93. The van der Waals surface area contributed by atoms with Crippen molar-refractivity contribution in [2.45, 2.75) is 24.0 Å². The smallest absolute Gasteiger partial charge is 0.475 e. The fraction of sp³-hybridized carbons (Fsp3) is 0.375. The number of pyridine rings is 1. The number of hydrogen-bond acceptors (Lipinski definition) is 6. The monoisotopic (exact) mass is 539 g/mol. The van der Waals surface area contributed by atoms with Crippen molar-refractivity contribution in [2.24, 2.45) is 5.92 Å². The molecule has 13 heteroatoms. The molecule has 4 heterocycles. The van der Waals surface area contributed by atoms with Gasteiger partial charge in [-0.15, -0.1) is 0 Å². The first-order valence-electron chi connectivity index (χ1n) is 11.3. The van der Waals surface area contributed by atoms with E-state index in [1.165, 1.54) is 0 Å². The number of aromatic amines is 1. The fourth-order valence-electron chi connectivity index (χ4n) is 4.66. The molecule has 0 bridgehead atoms. The quantitative estimate of drug-likeness (QED) is 0.510. The predicted octanol–water partition coefficient (Wildman–Crippen LogP) is 3.04. The van der Waals surface area contributed by atoms with Crippen molar-refractivity contribution in [3.05, 3.63) is 66.1 Å². The van der Waals surface area contributed by atoms with Gasteiger partial charge in [-0.3, -0.25) is 9.78 Å². The van der Waals surface area contributed by atoms with E-state index in [0.717, 1.165) is 16.6 Å². The number of H-pyrrole nitrogens is 1. The molecule has 2 N–H and O–H groups in total. The SMILES string of the molecule is O=C(O)C(F)(F)F.O=C(c1c[nH]c2ccccc12)N1CC2(C1)C(COCc1ccccn1)CCS2(=O)=O. The molecule has 1 amide bonds. The van der Waals surface area contributed by atoms with Crippen molar-refractivity contribution >= 4 is 32.6 Å². The second-order valence-electron chi connectivity index (χ2n) is 8.92. The van der Waals surface area contributed by atoms with Crippen molar-refractivity contribution in [3.8, 4) is 0 Å². The molecular weight excluding hydrogens is 515 g/mol. The van der Waals surface area contributed by atoms with Gasteiger partial charge in [-0.2, -0.15) is 13.2 Å². The number of benzene rings is 1. The summed E-state index contributed by atoms with van der Waals surface area (Å²) in [5.41, 5.74) is 2.29. The molecule has 5 rings (SSSR count). The van der Waals surface area contributed by atoms with Crippen LogP contribution >= 0.6 is 0 Å². The molecule has 2 fully saturated rings. The molecule has 0 aliphatic carbocycles. The maximum atomic E-state index is 13.0. The van der Waals surface area contributed by atoms with Crippen LogP contribution in [0.2, 0.25) is 0 Å². The number of rotatable bonds is 5. The number of carboxylic acid groups (broad SMARTS) is 1. The standard InChI is InChI=1S/C22H23N3O4S.C2HF3O2/c26-21(19-11-24-20-7-2-1-6-18(19)20)25-14-22(15-25)16(8-10-30(22,27)28)12-29-13-17-5-3-4-9-23-17;3-2(4,5)1(6)7/h1-7,9,11,16,24H,8,10,12-15H2;(H,6,7). The van der Waals surface area contributed by atoms with E-state index in [0.29, 0.717) is 25.2 Å². The Morgan fingerprint density at radius 2 is 1.84 bits per heavy atom. The first kappa shape index (κ1) is 26.6. The molecule has 1 atom stereocenters. The molecule has 0 radical (unpaired) electrons. The minimum atomic E-state index is -5.08. The summed E-state index contributed by atoms with van der Waals surface area (Å²) >= 11 is 0. The number of aromatic nitrogens is 2. The van der Waals surface area contributed by atoms with Crippen LogP contribution in [0.4, 0.5) is 13.2 Å².